The molecule has 1 fully saturated rings. The Hall–Kier alpha value is -1.42. The van der Waals surface area contributed by atoms with Gasteiger partial charge in [0.25, 0.3) is 5.91 Å². The van der Waals surface area contributed by atoms with Crippen molar-refractivity contribution in [2.75, 3.05) is 25.9 Å². The largest absolute Gasteiger partial charge is 0.339 e. The van der Waals surface area contributed by atoms with E-state index in [1.807, 2.05) is 11.2 Å². The van der Waals surface area contributed by atoms with E-state index in [9.17, 15) is 13.2 Å². The normalized spacial score (nSPS) is 15.6. The monoisotopic (exact) mass is 483 g/mol. The highest BCUT2D eigenvalue weighted by Crippen LogP contribution is 2.24. The van der Waals surface area contributed by atoms with Crippen molar-refractivity contribution < 1.29 is 13.2 Å². The van der Waals surface area contributed by atoms with Crippen LogP contribution in [-0.4, -0.2) is 50.1 Å². The van der Waals surface area contributed by atoms with Crippen LogP contribution in [0.5, 0.6) is 0 Å². The van der Waals surface area contributed by atoms with E-state index in [2.05, 4.69) is 25.6 Å². The van der Waals surface area contributed by atoms with E-state index in [1.54, 1.807) is 42.6 Å². The molecule has 1 aromatic carbocycles. The van der Waals surface area contributed by atoms with Crippen LogP contribution in [0.25, 0.3) is 0 Å². The van der Waals surface area contributed by atoms with Gasteiger partial charge in [-0.3, -0.25) is 4.79 Å². The lowest BCUT2D eigenvalue weighted by atomic mass is 9.97. The maximum absolute atomic E-state index is 12.8. The molecule has 1 aromatic heterocycles. The summed E-state index contributed by atoms with van der Waals surface area (Å²) in [7, 11) is -3.56. The molecule has 1 aliphatic rings. The first kappa shape index (κ1) is 21.3. The van der Waals surface area contributed by atoms with Crippen molar-refractivity contribution in [1.29, 1.82) is 0 Å². The minimum Gasteiger partial charge on any atom is -0.339 e. The number of rotatable bonds is 6. The summed E-state index contributed by atoms with van der Waals surface area (Å²) in [5.74, 6) is 0.194. The summed E-state index contributed by atoms with van der Waals surface area (Å²) in [6, 6.07) is 10.3. The average Bonchev–Trinajstić information content (AvgIpc) is 2.72. The molecule has 0 atom stereocenters. The average molecular weight is 484 g/mol. The molecular weight excluding hydrogens is 462 g/mol. The smallest absolute Gasteiger partial charge is 0.256 e. The van der Waals surface area contributed by atoms with E-state index < -0.39 is 10.0 Å². The molecule has 2 aromatic rings. The number of nitrogens with one attached hydrogen (secondary N) is 1. The molecule has 0 unspecified atom stereocenters. The van der Waals surface area contributed by atoms with Gasteiger partial charge in [-0.25, -0.2) is 18.1 Å². The second-order valence-electron chi connectivity index (χ2n) is 6.58. The first-order valence-electron chi connectivity index (χ1n) is 8.95. The number of aromatic nitrogens is 1. The van der Waals surface area contributed by atoms with E-state index in [-0.39, 0.29) is 16.7 Å². The lowest BCUT2D eigenvalue weighted by Crippen LogP contribution is -2.41. The Kier molecular flexibility index (Phi) is 7.14. The molecule has 9 heteroatoms. The van der Waals surface area contributed by atoms with Gasteiger partial charge in [-0.05, 0) is 65.2 Å². The number of thioether (sulfide) groups is 1. The second kappa shape index (κ2) is 9.39. The molecule has 3 rings (SSSR count). The third-order valence-corrected chi connectivity index (χ3v) is 7.93. The second-order valence-corrected chi connectivity index (χ2v) is 9.96. The van der Waals surface area contributed by atoms with Crippen LogP contribution in [0.2, 0.25) is 0 Å². The topological polar surface area (TPSA) is 79.4 Å². The van der Waals surface area contributed by atoms with E-state index in [0.29, 0.717) is 29.7 Å². The minimum absolute atomic E-state index is 0.00954. The molecule has 2 heterocycles. The number of likely N-dealkylation sites (tertiary alicyclic amines) is 1. The van der Waals surface area contributed by atoms with Gasteiger partial charge in [-0.1, -0.05) is 12.1 Å². The van der Waals surface area contributed by atoms with Gasteiger partial charge in [-0.2, -0.15) is 0 Å². The summed E-state index contributed by atoms with van der Waals surface area (Å²) in [6.07, 6.45) is 5.12. The number of benzene rings is 1. The lowest BCUT2D eigenvalue weighted by molar-refractivity contribution is 0.0687. The summed E-state index contributed by atoms with van der Waals surface area (Å²) < 4.78 is 28.3. The van der Waals surface area contributed by atoms with E-state index >= 15 is 0 Å². The Balaban J connectivity index is 1.56. The molecule has 28 heavy (non-hydrogen) atoms. The van der Waals surface area contributed by atoms with E-state index in [1.165, 1.54) is 11.8 Å². The molecule has 0 radical (unpaired) electrons. The number of carbonyl (C=O) groups excluding carboxylic acids is 1. The number of pyridine rings is 1. The van der Waals surface area contributed by atoms with Crippen molar-refractivity contribution in [3.05, 3.63) is 52.6 Å². The number of sulfonamides is 1. The quantitative estimate of drug-likeness (QED) is 0.636. The molecule has 0 aliphatic carbocycles. The molecule has 1 saturated heterocycles. The zero-order valence-electron chi connectivity index (χ0n) is 15.5. The summed E-state index contributed by atoms with van der Waals surface area (Å²) in [4.78, 5) is 19.1. The Labute approximate surface area is 178 Å². The minimum atomic E-state index is -3.56. The Morgan fingerprint density at radius 2 is 1.96 bits per heavy atom. The van der Waals surface area contributed by atoms with Crippen LogP contribution in [0, 0.1) is 5.92 Å². The zero-order chi connectivity index (χ0) is 20.1. The Morgan fingerprint density at radius 3 is 2.64 bits per heavy atom. The zero-order valence-corrected chi connectivity index (χ0v) is 18.7. The summed E-state index contributed by atoms with van der Waals surface area (Å²) in [5.41, 5.74) is 0.628. The molecule has 0 bridgehead atoms. The third-order valence-electron chi connectivity index (χ3n) is 4.78. The molecule has 6 nitrogen and oxygen atoms in total. The van der Waals surface area contributed by atoms with Crippen molar-refractivity contribution in [2.24, 2.45) is 5.92 Å². The molecular formula is C19H22BrN3O3S2. The Morgan fingerprint density at radius 1 is 1.25 bits per heavy atom. The predicted octanol–water partition coefficient (Wildman–Crippen LogP) is 3.40. The first-order chi connectivity index (χ1) is 13.4. The number of hydrogen-bond acceptors (Lipinski definition) is 5. The van der Waals surface area contributed by atoms with Crippen molar-refractivity contribution in [2.45, 2.75) is 22.8 Å². The standard InChI is InChI=1S/C19H22BrN3O3S2/c1-27-18-15(5-4-10-21-18)19(24)23-11-8-14(9-12-23)13-22-28(25,26)17-7-3-2-6-16(17)20/h2-7,10,14,22H,8-9,11-13H2,1H3. The number of halogens is 1. The predicted molar refractivity (Wildman–Crippen MR) is 114 cm³/mol. The van der Waals surface area contributed by atoms with Crippen molar-refractivity contribution in [3.63, 3.8) is 0 Å². The van der Waals surface area contributed by atoms with Gasteiger partial charge in [0.2, 0.25) is 10.0 Å². The van der Waals surface area contributed by atoms with Crippen LogP contribution >= 0.6 is 27.7 Å². The van der Waals surface area contributed by atoms with Gasteiger partial charge in [0.1, 0.15) is 5.03 Å². The van der Waals surface area contributed by atoms with Crippen LogP contribution < -0.4 is 4.72 Å². The number of carbonyl (C=O) groups is 1. The fourth-order valence-electron chi connectivity index (χ4n) is 3.19. The lowest BCUT2D eigenvalue weighted by Gasteiger charge is -2.32. The highest BCUT2D eigenvalue weighted by atomic mass is 79.9. The maximum atomic E-state index is 12.8. The number of hydrogen-bond donors (Lipinski definition) is 1. The van der Waals surface area contributed by atoms with Gasteiger partial charge in [0, 0.05) is 30.3 Å². The highest BCUT2D eigenvalue weighted by molar-refractivity contribution is 9.10. The van der Waals surface area contributed by atoms with E-state index in [0.717, 1.165) is 17.9 Å². The molecule has 1 N–H and O–H groups in total. The van der Waals surface area contributed by atoms with Crippen LogP contribution in [0.3, 0.4) is 0 Å². The van der Waals surface area contributed by atoms with Gasteiger partial charge in [-0.15, -0.1) is 11.8 Å². The number of amides is 1. The van der Waals surface area contributed by atoms with Gasteiger partial charge >= 0.3 is 0 Å². The van der Waals surface area contributed by atoms with Crippen molar-refractivity contribution in [1.82, 2.24) is 14.6 Å². The third kappa shape index (κ3) is 4.94. The number of nitrogens with zero attached hydrogens (tertiary/aromatic N) is 2. The fraction of sp³-hybridized carbons (Fsp3) is 0.368. The van der Waals surface area contributed by atoms with Crippen LogP contribution in [-0.2, 0) is 10.0 Å². The summed E-state index contributed by atoms with van der Waals surface area (Å²) >= 11 is 4.74. The summed E-state index contributed by atoms with van der Waals surface area (Å²) in [6.45, 7) is 1.60. The molecule has 1 amide bonds. The molecule has 1 aliphatic heterocycles. The first-order valence-corrected chi connectivity index (χ1v) is 12.4. The SMILES string of the molecule is CSc1ncccc1C(=O)N1CCC(CNS(=O)(=O)c2ccccc2Br)CC1. The van der Waals surface area contributed by atoms with Crippen molar-refractivity contribution in [3.8, 4) is 0 Å². The van der Waals surface area contributed by atoms with Gasteiger partial charge in [0.15, 0.2) is 0 Å². The molecule has 150 valence electrons. The fourth-order valence-corrected chi connectivity index (χ4v) is 5.85. The van der Waals surface area contributed by atoms with Crippen LogP contribution in [0.4, 0.5) is 0 Å². The van der Waals surface area contributed by atoms with Crippen LogP contribution in [0.1, 0.15) is 23.2 Å². The van der Waals surface area contributed by atoms with Crippen molar-refractivity contribution >= 4 is 43.6 Å². The van der Waals surface area contributed by atoms with Crippen LogP contribution in [0.15, 0.2) is 57.0 Å². The highest BCUT2D eigenvalue weighted by Gasteiger charge is 2.26. The molecule has 0 saturated carbocycles. The van der Waals surface area contributed by atoms with Gasteiger partial charge < -0.3 is 4.90 Å². The molecule has 0 spiro atoms. The Bertz CT molecular complexity index is 945. The van der Waals surface area contributed by atoms with E-state index in [4.69, 9.17) is 0 Å². The summed E-state index contributed by atoms with van der Waals surface area (Å²) in [5, 5.41) is 0.732. The maximum Gasteiger partial charge on any atom is 0.256 e. The van der Waals surface area contributed by atoms with Gasteiger partial charge in [0.05, 0.1) is 10.5 Å². The number of piperidine rings is 1.